The van der Waals surface area contributed by atoms with Crippen LogP contribution in [0.3, 0.4) is 0 Å². The van der Waals surface area contributed by atoms with Gasteiger partial charge in [-0.15, -0.1) is 0 Å². The summed E-state index contributed by atoms with van der Waals surface area (Å²) in [7, 11) is 1.94. The second-order valence-electron chi connectivity index (χ2n) is 4.13. The van der Waals surface area contributed by atoms with Crippen molar-refractivity contribution in [3.8, 4) is 5.88 Å². The Bertz CT molecular complexity index is 315. The molecule has 3 nitrogen and oxygen atoms in total. The van der Waals surface area contributed by atoms with E-state index in [1.165, 1.54) is 0 Å². The summed E-state index contributed by atoms with van der Waals surface area (Å²) >= 11 is 0. The lowest BCUT2D eigenvalue weighted by Gasteiger charge is -2.18. The Morgan fingerprint density at radius 3 is 2.81 bits per heavy atom. The SMILES string of the molecule is CCCC(C)Oc1ncccc1C(C)NC. The molecule has 0 bridgehead atoms. The number of aromatic nitrogens is 1. The van der Waals surface area contributed by atoms with Gasteiger partial charge in [0.25, 0.3) is 0 Å². The monoisotopic (exact) mass is 222 g/mol. The Balaban J connectivity index is 2.78. The van der Waals surface area contributed by atoms with E-state index in [0.717, 1.165) is 24.3 Å². The fourth-order valence-electron chi connectivity index (χ4n) is 1.64. The smallest absolute Gasteiger partial charge is 0.218 e. The third-order valence-electron chi connectivity index (χ3n) is 2.71. The number of nitrogens with zero attached hydrogens (tertiary/aromatic N) is 1. The Morgan fingerprint density at radius 2 is 2.19 bits per heavy atom. The summed E-state index contributed by atoms with van der Waals surface area (Å²) in [4.78, 5) is 4.31. The van der Waals surface area contributed by atoms with Crippen molar-refractivity contribution in [2.24, 2.45) is 0 Å². The predicted octanol–water partition coefficient (Wildman–Crippen LogP) is 2.93. The van der Waals surface area contributed by atoms with Gasteiger partial charge in [-0.1, -0.05) is 19.4 Å². The maximum atomic E-state index is 5.86. The number of hydrogen-bond donors (Lipinski definition) is 1. The standard InChI is InChI=1S/C13H22N2O/c1-5-7-10(2)16-13-12(11(3)14-4)8-6-9-15-13/h6,8-11,14H,5,7H2,1-4H3. The van der Waals surface area contributed by atoms with Crippen LogP contribution in [0.2, 0.25) is 0 Å². The van der Waals surface area contributed by atoms with Crippen molar-refractivity contribution in [2.45, 2.75) is 45.8 Å². The quantitative estimate of drug-likeness (QED) is 0.803. The molecule has 1 heterocycles. The summed E-state index contributed by atoms with van der Waals surface area (Å²) in [6.45, 7) is 6.36. The van der Waals surface area contributed by atoms with Crippen molar-refractivity contribution >= 4 is 0 Å². The van der Waals surface area contributed by atoms with E-state index in [-0.39, 0.29) is 12.1 Å². The molecule has 0 amide bonds. The molecule has 0 spiro atoms. The van der Waals surface area contributed by atoms with Gasteiger partial charge in [-0.3, -0.25) is 0 Å². The first-order chi connectivity index (χ1) is 7.69. The second kappa shape index (κ2) is 6.48. The van der Waals surface area contributed by atoms with Crippen LogP contribution in [0.25, 0.3) is 0 Å². The topological polar surface area (TPSA) is 34.1 Å². The van der Waals surface area contributed by atoms with Crippen molar-refractivity contribution in [3.05, 3.63) is 23.9 Å². The first-order valence-electron chi connectivity index (χ1n) is 5.97. The Kier molecular flexibility index (Phi) is 5.26. The highest BCUT2D eigenvalue weighted by molar-refractivity contribution is 5.28. The van der Waals surface area contributed by atoms with Crippen LogP contribution in [0, 0.1) is 0 Å². The zero-order chi connectivity index (χ0) is 12.0. The van der Waals surface area contributed by atoms with Crippen LogP contribution in [0.4, 0.5) is 0 Å². The van der Waals surface area contributed by atoms with Crippen LogP contribution in [0.1, 0.15) is 45.2 Å². The molecule has 1 aromatic rings. The molecule has 2 atom stereocenters. The van der Waals surface area contributed by atoms with Crippen LogP contribution in [-0.4, -0.2) is 18.1 Å². The second-order valence-corrected chi connectivity index (χ2v) is 4.13. The average molecular weight is 222 g/mol. The molecular weight excluding hydrogens is 200 g/mol. The van der Waals surface area contributed by atoms with Crippen molar-refractivity contribution in [2.75, 3.05) is 7.05 Å². The van der Waals surface area contributed by atoms with Crippen LogP contribution >= 0.6 is 0 Å². The van der Waals surface area contributed by atoms with Gasteiger partial charge in [0.2, 0.25) is 5.88 Å². The van der Waals surface area contributed by atoms with Crippen molar-refractivity contribution in [1.29, 1.82) is 0 Å². The molecule has 0 aromatic carbocycles. The van der Waals surface area contributed by atoms with Crippen LogP contribution in [0.5, 0.6) is 5.88 Å². The largest absolute Gasteiger partial charge is 0.474 e. The summed E-state index contributed by atoms with van der Waals surface area (Å²) in [5.74, 6) is 0.755. The third-order valence-corrected chi connectivity index (χ3v) is 2.71. The predicted molar refractivity (Wildman–Crippen MR) is 66.7 cm³/mol. The maximum Gasteiger partial charge on any atom is 0.218 e. The fraction of sp³-hybridized carbons (Fsp3) is 0.615. The van der Waals surface area contributed by atoms with Gasteiger partial charge in [0.15, 0.2) is 0 Å². The fourth-order valence-corrected chi connectivity index (χ4v) is 1.64. The molecule has 0 aliphatic rings. The zero-order valence-corrected chi connectivity index (χ0v) is 10.7. The number of pyridine rings is 1. The molecule has 0 aliphatic carbocycles. The Hall–Kier alpha value is -1.09. The molecule has 0 saturated carbocycles. The maximum absolute atomic E-state index is 5.86. The van der Waals surface area contributed by atoms with E-state index in [0.29, 0.717) is 0 Å². The van der Waals surface area contributed by atoms with Gasteiger partial charge in [0, 0.05) is 17.8 Å². The summed E-state index contributed by atoms with van der Waals surface area (Å²) in [6.07, 6.45) is 4.19. The molecule has 0 radical (unpaired) electrons. The highest BCUT2D eigenvalue weighted by Gasteiger charge is 2.12. The minimum Gasteiger partial charge on any atom is -0.474 e. The molecule has 90 valence electrons. The minimum atomic E-state index is 0.225. The Labute approximate surface area is 98.2 Å². The van der Waals surface area contributed by atoms with E-state index in [1.54, 1.807) is 6.20 Å². The molecule has 2 unspecified atom stereocenters. The molecule has 3 heteroatoms. The number of nitrogens with one attached hydrogen (secondary N) is 1. The lowest BCUT2D eigenvalue weighted by molar-refractivity contribution is 0.198. The van der Waals surface area contributed by atoms with Gasteiger partial charge in [0.1, 0.15) is 0 Å². The lowest BCUT2D eigenvalue weighted by Crippen LogP contribution is -2.18. The van der Waals surface area contributed by atoms with Gasteiger partial charge < -0.3 is 10.1 Å². The van der Waals surface area contributed by atoms with Crippen LogP contribution < -0.4 is 10.1 Å². The summed E-state index contributed by atoms with van der Waals surface area (Å²) in [6, 6.07) is 4.26. The Morgan fingerprint density at radius 1 is 1.44 bits per heavy atom. The summed E-state index contributed by atoms with van der Waals surface area (Å²) < 4.78 is 5.86. The van der Waals surface area contributed by atoms with Crippen LogP contribution in [-0.2, 0) is 0 Å². The van der Waals surface area contributed by atoms with E-state index in [9.17, 15) is 0 Å². The van der Waals surface area contributed by atoms with Gasteiger partial charge in [0.05, 0.1) is 6.10 Å². The van der Waals surface area contributed by atoms with Crippen molar-refractivity contribution < 1.29 is 4.74 Å². The van der Waals surface area contributed by atoms with Gasteiger partial charge in [-0.05, 0) is 33.4 Å². The average Bonchev–Trinajstić information content (AvgIpc) is 2.29. The molecule has 0 aliphatic heterocycles. The van der Waals surface area contributed by atoms with E-state index in [1.807, 2.05) is 13.1 Å². The van der Waals surface area contributed by atoms with E-state index in [2.05, 4.69) is 37.1 Å². The highest BCUT2D eigenvalue weighted by atomic mass is 16.5. The number of hydrogen-bond acceptors (Lipinski definition) is 3. The first-order valence-corrected chi connectivity index (χ1v) is 5.97. The highest BCUT2D eigenvalue weighted by Crippen LogP contribution is 2.23. The normalized spacial score (nSPS) is 14.5. The molecule has 16 heavy (non-hydrogen) atoms. The number of ether oxygens (including phenoxy) is 1. The number of rotatable bonds is 6. The molecule has 1 aromatic heterocycles. The zero-order valence-electron chi connectivity index (χ0n) is 10.7. The molecular formula is C13H22N2O. The van der Waals surface area contributed by atoms with E-state index < -0.39 is 0 Å². The van der Waals surface area contributed by atoms with Gasteiger partial charge in [-0.25, -0.2) is 4.98 Å². The minimum absolute atomic E-state index is 0.225. The third kappa shape index (κ3) is 3.49. The summed E-state index contributed by atoms with van der Waals surface area (Å²) in [5, 5.41) is 3.21. The first kappa shape index (κ1) is 13.0. The van der Waals surface area contributed by atoms with Gasteiger partial charge >= 0.3 is 0 Å². The van der Waals surface area contributed by atoms with Crippen molar-refractivity contribution in [3.63, 3.8) is 0 Å². The van der Waals surface area contributed by atoms with E-state index >= 15 is 0 Å². The molecule has 0 fully saturated rings. The van der Waals surface area contributed by atoms with E-state index in [4.69, 9.17) is 4.74 Å². The lowest BCUT2D eigenvalue weighted by atomic mass is 10.1. The molecule has 1 rings (SSSR count). The van der Waals surface area contributed by atoms with Gasteiger partial charge in [-0.2, -0.15) is 0 Å². The molecule has 1 N–H and O–H groups in total. The van der Waals surface area contributed by atoms with Crippen LogP contribution in [0.15, 0.2) is 18.3 Å². The van der Waals surface area contributed by atoms with Crippen molar-refractivity contribution in [1.82, 2.24) is 10.3 Å². The summed E-state index contributed by atoms with van der Waals surface area (Å²) in [5.41, 5.74) is 1.12. The molecule has 0 saturated heterocycles.